The average molecular weight is 447 g/mol. The van der Waals surface area contributed by atoms with Crippen LogP contribution in [0.4, 0.5) is 11.4 Å². The first-order valence-electron chi connectivity index (χ1n) is 10.4. The van der Waals surface area contributed by atoms with E-state index in [2.05, 4.69) is 15.4 Å². The summed E-state index contributed by atoms with van der Waals surface area (Å²) in [6.07, 6.45) is 0. The Hall–Kier alpha value is -4.39. The highest BCUT2D eigenvalue weighted by atomic mass is 16.5. The summed E-state index contributed by atoms with van der Waals surface area (Å²) in [7, 11) is 0. The van der Waals surface area contributed by atoms with Crippen LogP contribution in [0.2, 0.25) is 0 Å². The molecule has 1 amide bonds. The number of amidine groups is 1. The van der Waals surface area contributed by atoms with Gasteiger partial charge in [0, 0.05) is 31.7 Å². The lowest BCUT2D eigenvalue weighted by Gasteiger charge is -2.37. The number of carbonyl (C=O) groups is 2. The molecular weight excluding hydrogens is 422 g/mol. The topological polar surface area (TPSA) is 148 Å². The van der Waals surface area contributed by atoms with Gasteiger partial charge in [0.25, 0.3) is 5.91 Å². The third-order valence-corrected chi connectivity index (χ3v) is 5.09. The fraction of sp³-hybridized carbons (Fsp3) is 0.261. The summed E-state index contributed by atoms with van der Waals surface area (Å²) >= 11 is 0. The molecular formula is C23H25N7O3. The van der Waals surface area contributed by atoms with Crippen LogP contribution in [0.25, 0.3) is 0 Å². The van der Waals surface area contributed by atoms with Crippen molar-refractivity contribution in [1.82, 2.24) is 4.90 Å². The SMILES string of the molecule is CCOC(=O)c1ccc(N2CCN(C(=O)c3ccccc3)CC2)c(N/N=C(\C#N)C(=N)N)c1. The molecule has 2 aromatic rings. The van der Waals surface area contributed by atoms with Crippen LogP contribution in [0.1, 0.15) is 27.6 Å². The molecule has 33 heavy (non-hydrogen) atoms. The van der Waals surface area contributed by atoms with E-state index in [1.54, 1.807) is 48.2 Å². The maximum Gasteiger partial charge on any atom is 0.338 e. The van der Waals surface area contributed by atoms with E-state index in [0.29, 0.717) is 43.0 Å². The number of anilines is 2. The van der Waals surface area contributed by atoms with E-state index in [1.165, 1.54) is 0 Å². The fourth-order valence-electron chi connectivity index (χ4n) is 3.42. The van der Waals surface area contributed by atoms with E-state index in [4.69, 9.17) is 21.1 Å². The number of benzene rings is 2. The molecule has 1 fully saturated rings. The summed E-state index contributed by atoms with van der Waals surface area (Å²) in [6.45, 7) is 4.13. The Morgan fingerprint density at radius 2 is 1.85 bits per heavy atom. The number of esters is 1. The van der Waals surface area contributed by atoms with Crippen LogP contribution in [0, 0.1) is 16.7 Å². The molecule has 0 radical (unpaired) electrons. The predicted molar refractivity (Wildman–Crippen MR) is 126 cm³/mol. The van der Waals surface area contributed by atoms with Crippen molar-refractivity contribution in [2.75, 3.05) is 43.1 Å². The first-order valence-corrected chi connectivity index (χ1v) is 10.4. The largest absolute Gasteiger partial charge is 0.462 e. The fourth-order valence-corrected chi connectivity index (χ4v) is 3.42. The zero-order chi connectivity index (χ0) is 23.8. The lowest BCUT2D eigenvalue weighted by Crippen LogP contribution is -2.49. The number of ether oxygens (including phenoxy) is 1. The number of carbonyl (C=O) groups excluding carboxylic acids is 2. The second-order valence-electron chi connectivity index (χ2n) is 7.20. The lowest BCUT2D eigenvalue weighted by atomic mass is 10.1. The zero-order valence-electron chi connectivity index (χ0n) is 18.2. The molecule has 0 saturated carbocycles. The molecule has 0 spiro atoms. The van der Waals surface area contributed by atoms with Crippen LogP contribution in [-0.4, -0.2) is 61.1 Å². The van der Waals surface area contributed by atoms with E-state index in [1.807, 2.05) is 18.2 Å². The Kier molecular flexibility index (Phi) is 7.60. The molecule has 1 aliphatic rings. The van der Waals surface area contributed by atoms with E-state index < -0.39 is 11.8 Å². The molecule has 0 atom stereocenters. The number of hydrogen-bond acceptors (Lipinski definition) is 8. The number of nitrogens with one attached hydrogen (secondary N) is 2. The van der Waals surface area contributed by atoms with Gasteiger partial charge < -0.3 is 20.3 Å². The molecule has 0 bridgehead atoms. The van der Waals surface area contributed by atoms with Crippen molar-refractivity contribution in [2.45, 2.75) is 6.92 Å². The van der Waals surface area contributed by atoms with Crippen LogP contribution >= 0.6 is 0 Å². The van der Waals surface area contributed by atoms with Gasteiger partial charge >= 0.3 is 5.97 Å². The highest BCUT2D eigenvalue weighted by Crippen LogP contribution is 2.29. The van der Waals surface area contributed by atoms with Crippen LogP contribution in [0.5, 0.6) is 0 Å². The Labute approximate surface area is 191 Å². The van der Waals surface area contributed by atoms with Gasteiger partial charge in [0.1, 0.15) is 6.07 Å². The minimum Gasteiger partial charge on any atom is -0.462 e. The summed E-state index contributed by atoms with van der Waals surface area (Å²) in [4.78, 5) is 28.8. The van der Waals surface area contributed by atoms with Crippen molar-refractivity contribution >= 4 is 34.8 Å². The quantitative estimate of drug-likeness (QED) is 0.255. The monoisotopic (exact) mass is 447 g/mol. The van der Waals surface area contributed by atoms with E-state index in [0.717, 1.165) is 5.69 Å². The molecule has 1 heterocycles. The molecule has 3 rings (SSSR count). The highest BCUT2D eigenvalue weighted by Gasteiger charge is 2.24. The van der Waals surface area contributed by atoms with Gasteiger partial charge in [0.05, 0.1) is 23.5 Å². The molecule has 1 saturated heterocycles. The summed E-state index contributed by atoms with van der Waals surface area (Å²) in [5.74, 6) is -0.974. The number of hydrazone groups is 1. The molecule has 0 unspecified atom stereocenters. The maximum atomic E-state index is 12.7. The minimum absolute atomic E-state index is 0.0176. The maximum absolute atomic E-state index is 12.7. The van der Waals surface area contributed by atoms with Crippen LogP contribution in [-0.2, 0) is 4.74 Å². The molecule has 10 heteroatoms. The normalized spacial score (nSPS) is 13.8. The van der Waals surface area contributed by atoms with Crippen LogP contribution in [0.15, 0.2) is 53.6 Å². The van der Waals surface area contributed by atoms with Crippen molar-refractivity contribution in [3.05, 3.63) is 59.7 Å². The Morgan fingerprint density at radius 1 is 1.15 bits per heavy atom. The van der Waals surface area contributed by atoms with Crippen LogP contribution in [0.3, 0.4) is 0 Å². The second-order valence-corrected chi connectivity index (χ2v) is 7.20. The van der Waals surface area contributed by atoms with E-state index >= 15 is 0 Å². The standard InChI is InChI=1S/C23H25N7O3/c1-2-33-23(32)17-8-9-20(18(14-17)27-28-19(15-24)21(25)26)29-10-12-30(13-11-29)22(31)16-6-4-3-5-7-16/h3-9,14,27H,2,10-13H2,1H3,(H3,25,26)/b28-19+. The van der Waals surface area contributed by atoms with Gasteiger partial charge in [-0.05, 0) is 37.3 Å². The first kappa shape index (κ1) is 23.3. The van der Waals surface area contributed by atoms with Gasteiger partial charge in [-0.1, -0.05) is 18.2 Å². The minimum atomic E-state index is -0.485. The number of nitrogens with two attached hydrogens (primary N) is 1. The highest BCUT2D eigenvalue weighted by molar-refractivity contribution is 6.45. The van der Waals surface area contributed by atoms with E-state index in [9.17, 15) is 9.59 Å². The first-order chi connectivity index (χ1) is 15.9. The number of nitriles is 1. The Bertz CT molecular complexity index is 1100. The summed E-state index contributed by atoms with van der Waals surface area (Å²) in [5, 5.41) is 20.5. The zero-order valence-corrected chi connectivity index (χ0v) is 18.2. The lowest BCUT2D eigenvalue weighted by molar-refractivity contribution is 0.0526. The van der Waals surface area contributed by atoms with E-state index in [-0.39, 0.29) is 18.2 Å². The van der Waals surface area contributed by atoms with Gasteiger partial charge in [-0.25, -0.2) is 4.79 Å². The number of nitrogens with zero attached hydrogens (tertiary/aromatic N) is 4. The molecule has 10 nitrogen and oxygen atoms in total. The number of amides is 1. The number of piperazine rings is 1. The van der Waals surface area contributed by atoms with Gasteiger partial charge in [0.2, 0.25) is 5.71 Å². The van der Waals surface area contributed by atoms with Crippen molar-refractivity contribution in [1.29, 1.82) is 10.7 Å². The van der Waals surface area contributed by atoms with Gasteiger partial charge in [-0.15, -0.1) is 0 Å². The van der Waals surface area contributed by atoms with Crippen molar-refractivity contribution < 1.29 is 14.3 Å². The Morgan fingerprint density at radius 3 is 2.45 bits per heavy atom. The van der Waals surface area contributed by atoms with Crippen molar-refractivity contribution in [3.8, 4) is 6.07 Å². The van der Waals surface area contributed by atoms with Gasteiger partial charge in [-0.2, -0.15) is 10.4 Å². The molecule has 0 aromatic heterocycles. The predicted octanol–water partition coefficient (Wildman–Crippen LogP) is 2.05. The number of hydrogen-bond donors (Lipinski definition) is 3. The molecule has 4 N–H and O–H groups in total. The Balaban J connectivity index is 1.81. The van der Waals surface area contributed by atoms with Gasteiger partial charge in [-0.3, -0.25) is 15.6 Å². The van der Waals surface area contributed by atoms with Crippen molar-refractivity contribution in [2.24, 2.45) is 10.8 Å². The summed E-state index contributed by atoms with van der Waals surface area (Å²) in [5.41, 5.74) is 10.0. The molecule has 1 aliphatic heterocycles. The molecule has 170 valence electrons. The van der Waals surface area contributed by atoms with Crippen LogP contribution < -0.4 is 16.1 Å². The number of rotatable bonds is 7. The van der Waals surface area contributed by atoms with Gasteiger partial charge in [0.15, 0.2) is 5.84 Å². The third kappa shape index (κ3) is 5.65. The van der Waals surface area contributed by atoms with Crippen molar-refractivity contribution in [3.63, 3.8) is 0 Å². The molecule has 0 aliphatic carbocycles. The smallest absolute Gasteiger partial charge is 0.338 e. The summed E-state index contributed by atoms with van der Waals surface area (Å²) < 4.78 is 5.07. The average Bonchev–Trinajstić information content (AvgIpc) is 2.84. The summed E-state index contributed by atoms with van der Waals surface area (Å²) in [6, 6.07) is 15.9. The third-order valence-electron chi connectivity index (χ3n) is 5.09. The second kappa shape index (κ2) is 10.8. The molecule has 2 aromatic carbocycles.